The van der Waals surface area contributed by atoms with Gasteiger partial charge >= 0.3 is 0 Å². The topological polar surface area (TPSA) is 61.9 Å². The summed E-state index contributed by atoms with van der Waals surface area (Å²) in [5, 5.41) is 11.5. The van der Waals surface area contributed by atoms with E-state index in [2.05, 4.69) is 17.0 Å². The minimum atomic E-state index is 0.328. The van der Waals surface area contributed by atoms with Crippen molar-refractivity contribution in [2.24, 2.45) is 10.9 Å². The van der Waals surface area contributed by atoms with Crippen LogP contribution in [0.2, 0.25) is 0 Å². The normalized spacial score (nSPS) is 23.1. The van der Waals surface area contributed by atoms with Crippen LogP contribution in [0.15, 0.2) is 5.16 Å². The summed E-state index contributed by atoms with van der Waals surface area (Å²) in [4.78, 5) is 2.41. The first-order valence-corrected chi connectivity index (χ1v) is 6.17. The van der Waals surface area contributed by atoms with Crippen LogP contribution in [-0.2, 0) is 0 Å². The number of oxime groups is 1. The zero-order valence-electron chi connectivity index (χ0n) is 8.65. The van der Waals surface area contributed by atoms with E-state index in [1.165, 1.54) is 17.9 Å². The number of hydrogen-bond acceptors (Lipinski definition) is 4. The molecule has 5 heteroatoms. The molecule has 82 valence electrons. The van der Waals surface area contributed by atoms with Crippen molar-refractivity contribution < 1.29 is 5.21 Å². The van der Waals surface area contributed by atoms with E-state index in [0.29, 0.717) is 18.3 Å². The largest absolute Gasteiger partial charge is 0.409 e. The molecule has 1 aliphatic heterocycles. The Kier molecular flexibility index (Phi) is 5.11. The van der Waals surface area contributed by atoms with Gasteiger partial charge in [-0.05, 0) is 25.6 Å². The maximum absolute atomic E-state index is 8.48. The fourth-order valence-corrected chi connectivity index (χ4v) is 2.58. The second kappa shape index (κ2) is 6.14. The maximum Gasteiger partial charge on any atom is 0.140 e. The van der Waals surface area contributed by atoms with Crippen LogP contribution in [-0.4, -0.2) is 46.6 Å². The van der Waals surface area contributed by atoms with Gasteiger partial charge in [-0.25, -0.2) is 0 Å². The van der Waals surface area contributed by atoms with Crippen LogP contribution < -0.4 is 5.73 Å². The predicted molar refractivity (Wildman–Crippen MR) is 61.0 cm³/mol. The smallest absolute Gasteiger partial charge is 0.140 e. The molecule has 0 bridgehead atoms. The van der Waals surface area contributed by atoms with E-state index >= 15 is 0 Å². The van der Waals surface area contributed by atoms with Gasteiger partial charge in [-0.2, -0.15) is 11.8 Å². The Labute approximate surface area is 89.5 Å². The summed E-state index contributed by atoms with van der Waals surface area (Å²) in [6, 6.07) is 0.379. The van der Waals surface area contributed by atoms with Crippen molar-refractivity contribution in [1.82, 2.24) is 4.90 Å². The Bertz CT molecular complexity index is 190. The second-order valence-electron chi connectivity index (χ2n) is 3.65. The van der Waals surface area contributed by atoms with Crippen LogP contribution in [0.5, 0.6) is 0 Å². The number of hydrogen-bond donors (Lipinski definition) is 2. The highest BCUT2D eigenvalue weighted by Gasteiger charge is 2.16. The van der Waals surface area contributed by atoms with E-state index in [1.54, 1.807) is 0 Å². The van der Waals surface area contributed by atoms with Gasteiger partial charge < -0.3 is 10.9 Å². The average molecular weight is 217 g/mol. The van der Waals surface area contributed by atoms with Crippen molar-refractivity contribution in [3.63, 3.8) is 0 Å². The summed E-state index contributed by atoms with van der Waals surface area (Å²) in [5.41, 5.74) is 5.49. The highest BCUT2D eigenvalue weighted by atomic mass is 32.2. The summed E-state index contributed by atoms with van der Waals surface area (Å²) in [5.74, 6) is 2.78. The van der Waals surface area contributed by atoms with E-state index in [0.717, 1.165) is 13.1 Å². The van der Waals surface area contributed by atoms with Crippen LogP contribution in [0.1, 0.15) is 19.8 Å². The molecule has 14 heavy (non-hydrogen) atoms. The maximum atomic E-state index is 8.48. The summed E-state index contributed by atoms with van der Waals surface area (Å²) in [7, 11) is 0. The second-order valence-corrected chi connectivity index (χ2v) is 4.87. The van der Waals surface area contributed by atoms with E-state index in [4.69, 9.17) is 10.9 Å². The highest BCUT2D eigenvalue weighted by Crippen LogP contribution is 2.13. The first-order valence-electron chi connectivity index (χ1n) is 5.02. The molecule has 1 saturated heterocycles. The van der Waals surface area contributed by atoms with Gasteiger partial charge in [-0.1, -0.05) is 5.16 Å². The first-order chi connectivity index (χ1) is 6.74. The molecule has 0 saturated carbocycles. The Balaban J connectivity index is 2.37. The lowest BCUT2D eigenvalue weighted by molar-refractivity contribution is 0.227. The standard InChI is InChI=1S/C9H19N3OS/c1-8(7-9(10)11-13)12-3-2-5-14-6-4-12/h8,13H,2-7H2,1H3,(H2,10,11). The highest BCUT2D eigenvalue weighted by molar-refractivity contribution is 7.99. The fourth-order valence-electron chi connectivity index (χ4n) is 1.68. The van der Waals surface area contributed by atoms with Gasteiger partial charge in [-0.15, -0.1) is 0 Å². The van der Waals surface area contributed by atoms with Gasteiger partial charge in [0.05, 0.1) is 0 Å². The van der Waals surface area contributed by atoms with Gasteiger partial charge in [0.25, 0.3) is 0 Å². The Morgan fingerprint density at radius 1 is 1.57 bits per heavy atom. The lowest BCUT2D eigenvalue weighted by atomic mass is 10.2. The lowest BCUT2D eigenvalue weighted by Gasteiger charge is -2.26. The molecule has 0 aromatic heterocycles. The number of nitrogens with zero attached hydrogens (tertiary/aromatic N) is 2. The molecular formula is C9H19N3OS. The molecule has 0 spiro atoms. The van der Waals surface area contributed by atoms with Gasteiger partial charge in [0.2, 0.25) is 0 Å². The summed E-state index contributed by atoms with van der Waals surface area (Å²) in [6.07, 6.45) is 1.90. The monoisotopic (exact) mass is 217 g/mol. The predicted octanol–water partition coefficient (Wildman–Crippen LogP) is 0.950. The molecule has 4 nitrogen and oxygen atoms in total. The number of amidine groups is 1. The molecule has 1 aliphatic rings. The summed E-state index contributed by atoms with van der Waals surface area (Å²) in [6.45, 7) is 4.38. The van der Waals surface area contributed by atoms with Crippen LogP contribution in [0, 0.1) is 0 Å². The first kappa shape index (κ1) is 11.7. The van der Waals surface area contributed by atoms with Crippen molar-refractivity contribution >= 4 is 17.6 Å². The van der Waals surface area contributed by atoms with Crippen LogP contribution >= 0.6 is 11.8 Å². The van der Waals surface area contributed by atoms with E-state index < -0.39 is 0 Å². The molecule has 3 N–H and O–H groups in total. The van der Waals surface area contributed by atoms with Gasteiger partial charge in [0, 0.05) is 24.8 Å². The third-order valence-electron chi connectivity index (χ3n) is 2.51. The SMILES string of the molecule is CC(C/C(N)=N/O)N1CCCSCC1. The average Bonchev–Trinajstić information content (AvgIpc) is 2.45. The van der Waals surface area contributed by atoms with E-state index in [-0.39, 0.29) is 0 Å². The number of thioether (sulfide) groups is 1. The van der Waals surface area contributed by atoms with Crippen LogP contribution in [0.4, 0.5) is 0 Å². The Morgan fingerprint density at radius 3 is 3.07 bits per heavy atom. The molecular weight excluding hydrogens is 198 g/mol. The molecule has 0 aromatic carbocycles. The van der Waals surface area contributed by atoms with Crippen LogP contribution in [0.25, 0.3) is 0 Å². The third kappa shape index (κ3) is 3.75. The summed E-state index contributed by atoms with van der Waals surface area (Å²) < 4.78 is 0. The number of rotatable bonds is 3. The van der Waals surface area contributed by atoms with Gasteiger partial charge in [0.15, 0.2) is 0 Å². The molecule has 0 radical (unpaired) electrons. The van der Waals surface area contributed by atoms with Crippen LogP contribution in [0.3, 0.4) is 0 Å². The molecule has 1 unspecified atom stereocenters. The van der Waals surface area contributed by atoms with Crippen molar-refractivity contribution in [3.05, 3.63) is 0 Å². The minimum absolute atomic E-state index is 0.328. The zero-order valence-corrected chi connectivity index (χ0v) is 9.46. The molecule has 1 fully saturated rings. The van der Waals surface area contributed by atoms with Crippen molar-refractivity contribution in [2.75, 3.05) is 24.6 Å². The van der Waals surface area contributed by atoms with Gasteiger partial charge in [-0.3, -0.25) is 4.90 Å². The fraction of sp³-hybridized carbons (Fsp3) is 0.889. The zero-order chi connectivity index (χ0) is 10.4. The molecule has 1 heterocycles. The lowest BCUT2D eigenvalue weighted by Crippen LogP contribution is -2.37. The third-order valence-corrected chi connectivity index (χ3v) is 3.56. The number of nitrogens with two attached hydrogens (primary N) is 1. The minimum Gasteiger partial charge on any atom is -0.409 e. The van der Waals surface area contributed by atoms with Gasteiger partial charge in [0.1, 0.15) is 5.84 Å². The molecule has 0 aliphatic carbocycles. The van der Waals surface area contributed by atoms with Crippen molar-refractivity contribution in [2.45, 2.75) is 25.8 Å². The quantitative estimate of drug-likeness (QED) is 0.320. The van der Waals surface area contributed by atoms with Crippen molar-refractivity contribution in [3.8, 4) is 0 Å². The molecule has 0 amide bonds. The Hall–Kier alpha value is -0.420. The summed E-state index contributed by atoms with van der Waals surface area (Å²) >= 11 is 2.01. The molecule has 0 aromatic rings. The Morgan fingerprint density at radius 2 is 2.36 bits per heavy atom. The molecule has 1 rings (SSSR count). The van der Waals surface area contributed by atoms with E-state index in [1.807, 2.05) is 11.8 Å². The molecule has 1 atom stereocenters. The van der Waals surface area contributed by atoms with E-state index in [9.17, 15) is 0 Å². The van der Waals surface area contributed by atoms with Crippen molar-refractivity contribution in [1.29, 1.82) is 0 Å².